The number of rotatable bonds is 8. The van der Waals surface area contributed by atoms with E-state index in [1.807, 2.05) is 0 Å². The average molecular weight is 444 g/mol. The quantitative estimate of drug-likeness (QED) is 0.512. The summed E-state index contributed by atoms with van der Waals surface area (Å²) >= 11 is 0. The Morgan fingerprint density at radius 2 is 0.875 bits per heavy atom. The topological polar surface area (TPSA) is 58.2 Å². The number of carbonyl (C=O) groups excluding carboxylic acids is 2. The lowest BCUT2D eigenvalue weighted by Crippen LogP contribution is -2.27. The van der Waals surface area contributed by atoms with Gasteiger partial charge >= 0.3 is 0 Å². The molecule has 166 valence electrons. The smallest absolute Gasteiger partial charge is 0.251 e. The summed E-state index contributed by atoms with van der Waals surface area (Å²) in [5, 5.41) is 5.30. The fourth-order valence-corrected chi connectivity index (χ4v) is 3.13. The molecule has 0 saturated carbocycles. The van der Waals surface area contributed by atoms with Crippen LogP contribution < -0.4 is 10.6 Å². The lowest BCUT2D eigenvalue weighted by atomic mass is 10.1. The lowest BCUT2D eigenvalue weighted by molar-refractivity contribution is 0.0942. The molecule has 0 atom stereocenters. The molecule has 2 N–H and O–H groups in total. The summed E-state index contributed by atoms with van der Waals surface area (Å²) in [4.78, 5) is 24.4. The van der Waals surface area contributed by atoms with Gasteiger partial charge in [-0.15, -0.1) is 0 Å². The molecule has 3 aromatic rings. The van der Waals surface area contributed by atoms with Crippen LogP contribution in [-0.2, 0) is 12.8 Å². The van der Waals surface area contributed by atoms with E-state index in [2.05, 4.69) is 10.6 Å². The number of hydrogen-bond acceptors (Lipinski definition) is 2. The SMILES string of the molecule is O=C(NCCc1cc(F)cc(F)c1)c1ccc(C(=O)NCCc2cc(F)cc(F)c2)cc1. The van der Waals surface area contributed by atoms with Crippen LogP contribution in [-0.4, -0.2) is 24.9 Å². The Balaban J connectivity index is 1.46. The Hall–Kier alpha value is -3.68. The van der Waals surface area contributed by atoms with Crippen molar-refractivity contribution in [3.63, 3.8) is 0 Å². The Labute approximate surface area is 182 Å². The van der Waals surface area contributed by atoms with Crippen LogP contribution in [0.5, 0.6) is 0 Å². The van der Waals surface area contributed by atoms with Gasteiger partial charge in [-0.05, 0) is 72.5 Å². The standard InChI is InChI=1S/C24H20F4N2O2/c25-19-9-15(10-20(26)13-19)5-7-29-23(31)17-1-2-18(4-3-17)24(32)30-8-6-16-11-21(27)14-22(28)12-16/h1-4,9-14H,5-8H2,(H,29,31)(H,30,32). The molecular formula is C24H20F4N2O2. The van der Waals surface area contributed by atoms with E-state index in [0.29, 0.717) is 22.3 Å². The first-order chi connectivity index (χ1) is 15.3. The minimum absolute atomic E-state index is 0.185. The van der Waals surface area contributed by atoms with Crippen LogP contribution in [0.4, 0.5) is 17.6 Å². The second kappa shape index (κ2) is 10.6. The largest absolute Gasteiger partial charge is 0.352 e. The second-order valence-electron chi connectivity index (χ2n) is 7.14. The summed E-state index contributed by atoms with van der Waals surface area (Å²) in [7, 11) is 0. The van der Waals surface area contributed by atoms with Gasteiger partial charge in [-0.3, -0.25) is 9.59 Å². The van der Waals surface area contributed by atoms with Gasteiger partial charge in [0.1, 0.15) is 23.3 Å². The minimum atomic E-state index is -0.678. The molecule has 8 heteroatoms. The first-order valence-corrected chi connectivity index (χ1v) is 9.86. The fraction of sp³-hybridized carbons (Fsp3) is 0.167. The number of nitrogens with one attached hydrogen (secondary N) is 2. The summed E-state index contributed by atoms with van der Waals surface area (Å²) in [5.41, 5.74) is 1.50. The fourth-order valence-electron chi connectivity index (χ4n) is 3.13. The molecule has 0 fully saturated rings. The Kier molecular flexibility index (Phi) is 7.59. The summed E-state index contributed by atoms with van der Waals surface area (Å²) in [6.45, 7) is 0.370. The third-order valence-corrected chi connectivity index (χ3v) is 4.65. The lowest BCUT2D eigenvalue weighted by Gasteiger charge is -2.08. The van der Waals surface area contributed by atoms with E-state index < -0.39 is 23.3 Å². The van der Waals surface area contributed by atoms with Gasteiger partial charge in [0.25, 0.3) is 11.8 Å². The van der Waals surface area contributed by atoms with Crippen molar-refractivity contribution in [1.29, 1.82) is 0 Å². The van der Waals surface area contributed by atoms with Crippen LogP contribution in [0.25, 0.3) is 0 Å². The van der Waals surface area contributed by atoms with Gasteiger partial charge in [-0.1, -0.05) is 0 Å². The Bertz CT molecular complexity index is 988. The van der Waals surface area contributed by atoms with Crippen molar-refractivity contribution >= 4 is 11.8 Å². The predicted molar refractivity (Wildman–Crippen MR) is 111 cm³/mol. The van der Waals surface area contributed by atoms with Gasteiger partial charge in [0, 0.05) is 36.3 Å². The highest BCUT2D eigenvalue weighted by atomic mass is 19.1. The minimum Gasteiger partial charge on any atom is -0.352 e. The van der Waals surface area contributed by atoms with Gasteiger partial charge in [-0.2, -0.15) is 0 Å². The van der Waals surface area contributed by atoms with Crippen LogP contribution in [0.15, 0.2) is 60.7 Å². The van der Waals surface area contributed by atoms with Crippen molar-refractivity contribution in [1.82, 2.24) is 10.6 Å². The molecule has 0 aliphatic rings. The zero-order valence-corrected chi connectivity index (χ0v) is 16.9. The molecule has 2 amide bonds. The molecule has 0 aliphatic carbocycles. The van der Waals surface area contributed by atoms with Crippen LogP contribution in [0.1, 0.15) is 31.8 Å². The highest BCUT2D eigenvalue weighted by Gasteiger charge is 2.10. The molecule has 0 unspecified atom stereocenters. The van der Waals surface area contributed by atoms with Crippen LogP contribution in [0.2, 0.25) is 0 Å². The maximum Gasteiger partial charge on any atom is 0.251 e. The Morgan fingerprint density at radius 3 is 1.19 bits per heavy atom. The number of hydrogen-bond donors (Lipinski definition) is 2. The number of amides is 2. The zero-order chi connectivity index (χ0) is 23.1. The zero-order valence-electron chi connectivity index (χ0n) is 16.9. The Morgan fingerprint density at radius 1 is 0.562 bits per heavy atom. The average Bonchev–Trinajstić information content (AvgIpc) is 2.72. The normalized spacial score (nSPS) is 10.6. The number of carbonyl (C=O) groups is 2. The summed E-state index contributed by atoms with van der Waals surface area (Å²) in [6, 6.07) is 12.3. The van der Waals surface area contributed by atoms with Crippen molar-refractivity contribution in [2.24, 2.45) is 0 Å². The summed E-state index contributed by atoms with van der Waals surface area (Å²) in [5.74, 6) is -3.48. The molecule has 3 aromatic carbocycles. The summed E-state index contributed by atoms with van der Waals surface area (Å²) < 4.78 is 52.8. The molecule has 0 spiro atoms. The van der Waals surface area contributed by atoms with E-state index in [1.165, 1.54) is 48.5 Å². The van der Waals surface area contributed by atoms with E-state index in [1.54, 1.807) is 0 Å². The van der Waals surface area contributed by atoms with Crippen molar-refractivity contribution in [3.05, 3.63) is 106 Å². The van der Waals surface area contributed by atoms with Crippen molar-refractivity contribution in [2.75, 3.05) is 13.1 Å². The third kappa shape index (κ3) is 6.66. The monoisotopic (exact) mass is 444 g/mol. The molecule has 32 heavy (non-hydrogen) atoms. The van der Waals surface area contributed by atoms with E-state index in [0.717, 1.165) is 12.1 Å². The van der Waals surface area contributed by atoms with Crippen LogP contribution in [0, 0.1) is 23.3 Å². The molecule has 4 nitrogen and oxygen atoms in total. The predicted octanol–water partition coefficient (Wildman–Crippen LogP) is 4.19. The number of halogens is 4. The molecule has 0 heterocycles. The number of benzene rings is 3. The van der Waals surface area contributed by atoms with Crippen molar-refractivity contribution in [3.8, 4) is 0 Å². The van der Waals surface area contributed by atoms with Gasteiger partial charge in [0.2, 0.25) is 0 Å². The maximum atomic E-state index is 13.2. The highest BCUT2D eigenvalue weighted by molar-refractivity contribution is 5.97. The molecule has 0 saturated heterocycles. The van der Waals surface area contributed by atoms with Crippen molar-refractivity contribution in [2.45, 2.75) is 12.8 Å². The van der Waals surface area contributed by atoms with E-state index in [4.69, 9.17) is 0 Å². The van der Waals surface area contributed by atoms with Gasteiger partial charge in [-0.25, -0.2) is 17.6 Å². The second-order valence-corrected chi connectivity index (χ2v) is 7.14. The molecule has 0 bridgehead atoms. The first kappa shape index (κ1) is 23.0. The third-order valence-electron chi connectivity index (χ3n) is 4.65. The van der Waals surface area contributed by atoms with E-state index in [-0.39, 0.29) is 37.7 Å². The molecule has 0 radical (unpaired) electrons. The van der Waals surface area contributed by atoms with Gasteiger partial charge in [0.15, 0.2) is 0 Å². The molecule has 3 rings (SSSR count). The van der Waals surface area contributed by atoms with Gasteiger partial charge < -0.3 is 10.6 Å². The van der Waals surface area contributed by atoms with E-state index >= 15 is 0 Å². The molecule has 0 aromatic heterocycles. The summed E-state index contributed by atoms with van der Waals surface area (Å²) in [6.07, 6.45) is 0.520. The highest BCUT2D eigenvalue weighted by Crippen LogP contribution is 2.10. The first-order valence-electron chi connectivity index (χ1n) is 9.86. The van der Waals surface area contributed by atoms with Crippen molar-refractivity contribution < 1.29 is 27.2 Å². The van der Waals surface area contributed by atoms with Crippen LogP contribution >= 0.6 is 0 Å². The van der Waals surface area contributed by atoms with Crippen LogP contribution in [0.3, 0.4) is 0 Å². The van der Waals surface area contributed by atoms with E-state index in [9.17, 15) is 27.2 Å². The maximum absolute atomic E-state index is 13.2. The van der Waals surface area contributed by atoms with Gasteiger partial charge in [0.05, 0.1) is 0 Å². The molecule has 0 aliphatic heterocycles. The molecular weight excluding hydrogens is 424 g/mol.